The van der Waals surface area contributed by atoms with Crippen molar-refractivity contribution >= 4 is 23.2 Å². The number of carbonyl (C=O) groups excluding carboxylic acids is 2. The van der Waals surface area contributed by atoms with Crippen LogP contribution in [0.3, 0.4) is 0 Å². The molecule has 0 radical (unpaired) electrons. The second kappa shape index (κ2) is 8.49. The number of carbonyl (C=O) groups is 2. The highest BCUT2D eigenvalue weighted by Gasteiger charge is 2.23. The van der Waals surface area contributed by atoms with E-state index >= 15 is 0 Å². The Labute approximate surface area is 158 Å². The molecule has 26 heavy (non-hydrogen) atoms. The van der Waals surface area contributed by atoms with Gasteiger partial charge in [0.05, 0.1) is 6.04 Å². The molecule has 0 fully saturated rings. The number of fused-ring (bicyclic) bond motifs is 1. The molecule has 0 aliphatic heterocycles. The Hall–Kier alpha value is -2.14. The van der Waals surface area contributed by atoms with E-state index in [2.05, 4.69) is 12.2 Å². The Morgan fingerprint density at radius 3 is 2.81 bits per heavy atom. The minimum atomic E-state index is -0.403. The summed E-state index contributed by atoms with van der Waals surface area (Å²) in [7, 11) is 0. The fourth-order valence-electron chi connectivity index (χ4n) is 3.36. The number of rotatable bonds is 6. The van der Waals surface area contributed by atoms with Crippen LogP contribution in [-0.4, -0.2) is 18.5 Å². The van der Waals surface area contributed by atoms with Crippen LogP contribution in [0, 0.1) is 5.92 Å². The topological polar surface area (TPSA) is 55.4 Å². The van der Waals surface area contributed by atoms with E-state index in [4.69, 9.17) is 4.74 Å². The van der Waals surface area contributed by atoms with Gasteiger partial charge in [-0.15, -0.1) is 11.3 Å². The first-order valence-corrected chi connectivity index (χ1v) is 10.0. The maximum Gasteiger partial charge on any atom is 0.348 e. The highest BCUT2D eigenvalue weighted by Crippen LogP contribution is 2.33. The van der Waals surface area contributed by atoms with Gasteiger partial charge in [0.2, 0.25) is 0 Å². The van der Waals surface area contributed by atoms with E-state index in [-0.39, 0.29) is 18.6 Å². The molecule has 1 N–H and O–H groups in total. The smallest absolute Gasteiger partial charge is 0.348 e. The van der Waals surface area contributed by atoms with E-state index in [1.807, 2.05) is 43.3 Å². The molecule has 0 saturated heterocycles. The molecule has 2 atom stereocenters. The van der Waals surface area contributed by atoms with Gasteiger partial charge in [0.1, 0.15) is 4.88 Å². The standard InChI is InChI=1S/C21H25NO3S/c1-3-15-9-10-18-17(11-15)12-19(26-18)21(24)25-13-20(23)22-14(2)16-7-5-4-6-8-16/h4-8,12,14-15H,3,9-11,13H2,1-2H3,(H,22,23)/t14-,15-/m1/s1. The molecule has 1 heterocycles. The van der Waals surface area contributed by atoms with Crippen LogP contribution in [0.5, 0.6) is 0 Å². The first kappa shape index (κ1) is 18.6. The summed E-state index contributed by atoms with van der Waals surface area (Å²) < 4.78 is 5.22. The van der Waals surface area contributed by atoms with Crippen LogP contribution in [0.15, 0.2) is 36.4 Å². The molecule has 3 rings (SSSR count). The van der Waals surface area contributed by atoms with Crippen LogP contribution in [0.1, 0.15) is 58.4 Å². The van der Waals surface area contributed by atoms with Gasteiger partial charge >= 0.3 is 5.97 Å². The molecule has 0 bridgehead atoms. The van der Waals surface area contributed by atoms with Gasteiger partial charge in [0.25, 0.3) is 5.91 Å². The first-order chi connectivity index (χ1) is 12.6. The molecule has 5 heteroatoms. The second-order valence-electron chi connectivity index (χ2n) is 6.85. The van der Waals surface area contributed by atoms with Gasteiger partial charge in [-0.3, -0.25) is 4.79 Å². The molecule has 4 nitrogen and oxygen atoms in total. The van der Waals surface area contributed by atoms with Gasteiger partial charge in [-0.05, 0) is 49.3 Å². The number of hydrogen-bond donors (Lipinski definition) is 1. The quantitative estimate of drug-likeness (QED) is 0.771. The normalized spacial score (nSPS) is 17.2. The average Bonchev–Trinajstić information content (AvgIpc) is 3.10. The zero-order valence-corrected chi connectivity index (χ0v) is 16.1. The summed E-state index contributed by atoms with van der Waals surface area (Å²) >= 11 is 1.51. The van der Waals surface area contributed by atoms with Gasteiger partial charge < -0.3 is 10.1 Å². The zero-order valence-electron chi connectivity index (χ0n) is 15.3. The van der Waals surface area contributed by atoms with Crippen molar-refractivity contribution in [2.24, 2.45) is 5.92 Å². The zero-order chi connectivity index (χ0) is 18.5. The first-order valence-electron chi connectivity index (χ1n) is 9.19. The SMILES string of the molecule is CC[C@@H]1CCc2sc(C(=O)OCC(=O)N[C@H](C)c3ccccc3)cc2C1. The lowest BCUT2D eigenvalue weighted by molar-refractivity contribution is -0.124. The predicted molar refractivity (Wildman–Crippen MR) is 103 cm³/mol. The Kier molecular flexibility index (Phi) is 6.09. The summed E-state index contributed by atoms with van der Waals surface area (Å²) in [4.78, 5) is 26.2. The van der Waals surface area contributed by atoms with Crippen molar-refractivity contribution < 1.29 is 14.3 Å². The summed E-state index contributed by atoms with van der Waals surface area (Å²) in [6.45, 7) is 3.87. The van der Waals surface area contributed by atoms with Crippen LogP contribution in [-0.2, 0) is 22.4 Å². The van der Waals surface area contributed by atoms with Gasteiger partial charge in [-0.2, -0.15) is 0 Å². The number of aryl methyl sites for hydroxylation is 1. The maximum absolute atomic E-state index is 12.3. The van der Waals surface area contributed by atoms with Crippen molar-refractivity contribution in [3.05, 3.63) is 57.3 Å². The minimum Gasteiger partial charge on any atom is -0.451 e. The lowest BCUT2D eigenvalue weighted by atomic mass is 9.87. The molecule has 2 aromatic rings. The molecule has 1 aliphatic carbocycles. The van der Waals surface area contributed by atoms with Gasteiger partial charge in [0.15, 0.2) is 6.61 Å². The van der Waals surface area contributed by atoms with Crippen molar-refractivity contribution in [2.45, 2.75) is 45.6 Å². The fraction of sp³-hybridized carbons (Fsp3) is 0.429. The number of amides is 1. The predicted octanol–water partition coefficient (Wildman–Crippen LogP) is 4.30. The van der Waals surface area contributed by atoms with Crippen LogP contribution >= 0.6 is 11.3 Å². The molecule has 0 spiro atoms. The van der Waals surface area contributed by atoms with Gasteiger partial charge in [0, 0.05) is 4.88 Å². The van der Waals surface area contributed by atoms with Crippen molar-refractivity contribution in [2.75, 3.05) is 6.61 Å². The van der Waals surface area contributed by atoms with Crippen LogP contribution in [0.25, 0.3) is 0 Å². The van der Waals surface area contributed by atoms with Crippen LogP contribution in [0.2, 0.25) is 0 Å². The summed E-state index contributed by atoms with van der Waals surface area (Å²) in [5, 5.41) is 2.85. The number of nitrogens with one attached hydrogen (secondary N) is 1. The third-order valence-corrected chi connectivity index (χ3v) is 6.19. The Bertz CT molecular complexity index is 769. The number of thiophene rings is 1. The van der Waals surface area contributed by atoms with E-state index in [0.717, 1.165) is 18.4 Å². The van der Waals surface area contributed by atoms with Crippen molar-refractivity contribution in [1.29, 1.82) is 0 Å². The van der Waals surface area contributed by atoms with Crippen LogP contribution < -0.4 is 5.32 Å². The van der Waals surface area contributed by atoms with Gasteiger partial charge in [-0.1, -0.05) is 43.7 Å². The molecular formula is C21H25NO3S. The Morgan fingerprint density at radius 2 is 2.08 bits per heavy atom. The second-order valence-corrected chi connectivity index (χ2v) is 7.99. The van der Waals surface area contributed by atoms with E-state index < -0.39 is 5.97 Å². The largest absolute Gasteiger partial charge is 0.451 e. The number of ether oxygens (including phenoxy) is 1. The van der Waals surface area contributed by atoms with Crippen molar-refractivity contribution in [1.82, 2.24) is 5.32 Å². The summed E-state index contributed by atoms with van der Waals surface area (Å²) in [6.07, 6.45) is 4.46. The highest BCUT2D eigenvalue weighted by molar-refractivity contribution is 7.14. The molecule has 138 valence electrons. The lowest BCUT2D eigenvalue weighted by Crippen LogP contribution is -2.31. The highest BCUT2D eigenvalue weighted by atomic mass is 32.1. The monoisotopic (exact) mass is 371 g/mol. The molecule has 0 unspecified atom stereocenters. The van der Waals surface area contributed by atoms with Crippen molar-refractivity contribution in [3.63, 3.8) is 0 Å². The van der Waals surface area contributed by atoms with E-state index in [9.17, 15) is 9.59 Å². The molecule has 1 aliphatic rings. The number of esters is 1. The van der Waals surface area contributed by atoms with Crippen LogP contribution in [0.4, 0.5) is 0 Å². The average molecular weight is 372 g/mol. The number of benzene rings is 1. The Morgan fingerprint density at radius 1 is 1.31 bits per heavy atom. The Balaban J connectivity index is 1.51. The maximum atomic E-state index is 12.3. The van der Waals surface area contributed by atoms with Crippen molar-refractivity contribution in [3.8, 4) is 0 Å². The molecule has 1 aromatic heterocycles. The summed E-state index contributed by atoms with van der Waals surface area (Å²) in [5.41, 5.74) is 2.30. The third kappa shape index (κ3) is 4.52. The van der Waals surface area contributed by atoms with E-state index in [0.29, 0.717) is 10.8 Å². The molecular weight excluding hydrogens is 346 g/mol. The number of hydrogen-bond acceptors (Lipinski definition) is 4. The van der Waals surface area contributed by atoms with Gasteiger partial charge in [-0.25, -0.2) is 4.79 Å². The van der Waals surface area contributed by atoms with E-state index in [1.54, 1.807) is 0 Å². The van der Waals surface area contributed by atoms with E-state index in [1.165, 1.54) is 34.6 Å². The summed E-state index contributed by atoms with van der Waals surface area (Å²) in [6, 6.07) is 11.5. The molecule has 0 saturated carbocycles. The molecule has 1 amide bonds. The molecule has 1 aromatic carbocycles. The fourth-order valence-corrected chi connectivity index (χ4v) is 4.46. The third-order valence-electron chi connectivity index (χ3n) is 4.97. The summed E-state index contributed by atoms with van der Waals surface area (Å²) in [5.74, 6) is 0.0215. The minimum absolute atomic E-state index is 0.123. The lowest BCUT2D eigenvalue weighted by Gasteiger charge is -2.19.